The van der Waals surface area contributed by atoms with Crippen LogP contribution in [0.15, 0.2) is 192 Å². The molecule has 12 rings (SSSR count). The largest absolute Gasteiger partial charge is 0.455 e. The van der Waals surface area contributed by atoms with Gasteiger partial charge in [0.2, 0.25) is 0 Å². The summed E-state index contributed by atoms with van der Waals surface area (Å²) in [4.78, 5) is 0. The Hall–Kier alpha value is -8.84. The zero-order valence-electron chi connectivity index (χ0n) is 33.2. The van der Waals surface area contributed by atoms with Gasteiger partial charge in [0.05, 0.1) is 55.3 Å². The van der Waals surface area contributed by atoms with Gasteiger partial charge in [-0.3, -0.25) is 0 Å². The van der Waals surface area contributed by atoms with Gasteiger partial charge in [-0.1, -0.05) is 110 Å². The van der Waals surface area contributed by atoms with E-state index in [-0.39, 0.29) is 0 Å². The summed E-state index contributed by atoms with van der Waals surface area (Å²) < 4.78 is 17.8. The van der Waals surface area contributed by atoms with Gasteiger partial charge >= 0.3 is 0 Å². The minimum absolute atomic E-state index is 0.408. The molecule has 288 valence electrons. The van der Waals surface area contributed by atoms with Crippen LogP contribution >= 0.6 is 0 Å². The molecule has 6 heteroatoms. The van der Waals surface area contributed by atoms with Crippen LogP contribution in [-0.2, 0) is 0 Å². The highest BCUT2D eigenvalue weighted by molar-refractivity contribution is 6.26. The van der Waals surface area contributed by atoms with Gasteiger partial charge in [0, 0.05) is 32.3 Å². The van der Waals surface area contributed by atoms with Crippen LogP contribution < -0.4 is 0 Å². The Kier molecular flexibility index (Phi) is 7.56. The van der Waals surface area contributed by atoms with Crippen LogP contribution in [0.2, 0.25) is 0 Å². The van der Waals surface area contributed by atoms with Crippen molar-refractivity contribution in [3.05, 3.63) is 200 Å². The molecule has 4 heterocycles. The monoisotopic (exact) mass is 792 g/mol. The van der Waals surface area contributed by atoms with E-state index in [0.717, 1.165) is 110 Å². The van der Waals surface area contributed by atoms with Crippen molar-refractivity contribution in [2.24, 2.45) is 0 Å². The molecular formula is C56H32N4O2. The molecule has 0 bridgehead atoms. The van der Waals surface area contributed by atoms with Gasteiger partial charge in [0.25, 0.3) is 0 Å². The van der Waals surface area contributed by atoms with Gasteiger partial charge in [-0.25, -0.2) is 0 Å². The maximum Gasteiger partial charge on any atom is 0.145 e. The Morgan fingerprint density at radius 2 is 1.00 bits per heavy atom. The van der Waals surface area contributed by atoms with Gasteiger partial charge in [-0.15, -0.1) is 0 Å². The summed E-state index contributed by atoms with van der Waals surface area (Å²) in [6.45, 7) is 8.05. The summed E-state index contributed by atoms with van der Waals surface area (Å²) in [6, 6.07) is 56.2. The predicted molar refractivity (Wildman–Crippen MR) is 253 cm³/mol. The number of benzene rings is 8. The molecule has 0 atom stereocenters. The number of allylic oxidation sites excluding steroid dienone is 4. The minimum Gasteiger partial charge on any atom is -0.455 e. The van der Waals surface area contributed by atoms with Crippen LogP contribution in [0.25, 0.3) is 116 Å². The summed E-state index contributed by atoms with van der Waals surface area (Å²) in [5.41, 5.74) is 12.5. The Morgan fingerprint density at radius 3 is 1.55 bits per heavy atom. The molecule has 0 N–H and O–H groups in total. The number of hydrogen-bond donors (Lipinski definition) is 0. The molecule has 4 aromatic heterocycles. The van der Waals surface area contributed by atoms with Gasteiger partial charge in [-0.05, 0) is 95.1 Å². The van der Waals surface area contributed by atoms with Crippen LogP contribution in [0.4, 0.5) is 0 Å². The van der Waals surface area contributed by atoms with Crippen molar-refractivity contribution in [3.63, 3.8) is 0 Å². The molecule has 0 spiro atoms. The third kappa shape index (κ3) is 4.84. The molecule has 12 aromatic rings. The van der Waals surface area contributed by atoms with Crippen molar-refractivity contribution in [3.8, 4) is 34.6 Å². The molecule has 0 saturated heterocycles. The quantitative estimate of drug-likeness (QED) is 0.157. The molecule has 0 aliphatic carbocycles. The summed E-state index contributed by atoms with van der Waals surface area (Å²) in [7, 11) is 0. The van der Waals surface area contributed by atoms with Crippen molar-refractivity contribution in [2.75, 3.05) is 0 Å². The molecule has 0 amide bonds. The fourth-order valence-corrected chi connectivity index (χ4v) is 9.67. The standard InChI is InChI=1S/C56H32N4O2/c1-3-12-33(4-2)35-21-25-45-43(29-35)51-47(27-23-41-39-15-8-10-17-49(39)61-55(41)51)59(45)53-37(31-57)19-20-38(32-58)54(53)60-46-26-22-36(34-13-6-5-7-14-34)30-44(46)52-48(60)28-24-42-40-16-9-11-18-50(40)62-56(42)52/h3-30H,1-2H2/b33-12+. The number of fused-ring (bicyclic) bond motifs is 14. The zero-order valence-corrected chi connectivity index (χ0v) is 33.2. The van der Waals surface area contributed by atoms with Crippen LogP contribution in [0.1, 0.15) is 16.7 Å². The molecule has 0 saturated carbocycles. The maximum atomic E-state index is 11.1. The molecule has 0 aliphatic heterocycles. The fraction of sp³-hybridized carbons (Fsp3) is 0. The maximum absolute atomic E-state index is 11.1. The SMILES string of the molecule is C=C/C=C(\C=C)c1ccc2c(c1)c1c3oc4ccccc4c3ccc1n2-c1c(C#N)ccc(C#N)c1-n1c2ccc(-c3ccccc3)cc2c2c3oc4ccccc4c3ccc21. The van der Waals surface area contributed by atoms with E-state index in [4.69, 9.17) is 8.83 Å². The van der Waals surface area contributed by atoms with E-state index in [9.17, 15) is 10.5 Å². The lowest BCUT2D eigenvalue weighted by Gasteiger charge is -2.19. The first-order valence-electron chi connectivity index (χ1n) is 20.4. The van der Waals surface area contributed by atoms with E-state index in [2.05, 4.69) is 119 Å². The van der Waals surface area contributed by atoms with Crippen LogP contribution in [0, 0.1) is 22.7 Å². The second-order valence-corrected chi connectivity index (χ2v) is 15.5. The second-order valence-electron chi connectivity index (χ2n) is 15.5. The van der Waals surface area contributed by atoms with Gasteiger partial charge < -0.3 is 18.0 Å². The number of hydrogen-bond acceptors (Lipinski definition) is 4. The Bertz CT molecular complexity index is 4040. The summed E-state index contributed by atoms with van der Waals surface area (Å²) in [5.74, 6) is 0. The first-order chi connectivity index (χ1) is 30.6. The van der Waals surface area contributed by atoms with Crippen molar-refractivity contribution in [2.45, 2.75) is 0 Å². The first kappa shape index (κ1) is 35.1. The van der Waals surface area contributed by atoms with Crippen molar-refractivity contribution in [1.82, 2.24) is 9.13 Å². The van der Waals surface area contributed by atoms with Crippen LogP contribution in [0.3, 0.4) is 0 Å². The van der Waals surface area contributed by atoms with E-state index in [0.29, 0.717) is 22.5 Å². The average molecular weight is 793 g/mol. The van der Waals surface area contributed by atoms with Crippen molar-refractivity contribution in [1.29, 1.82) is 10.5 Å². The molecule has 0 aliphatic rings. The number of nitrogens with zero attached hydrogens (tertiary/aromatic N) is 4. The topological polar surface area (TPSA) is 83.7 Å². The lowest BCUT2D eigenvalue weighted by atomic mass is 10.0. The molecule has 8 aromatic carbocycles. The smallest absolute Gasteiger partial charge is 0.145 e. The van der Waals surface area contributed by atoms with E-state index < -0.39 is 0 Å². The molecule has 0 radical (unpaired) electrons. The summed E-state index contributed by atoms with van der Waals surface area (Å²) in [6.07, 6.45) is 5.52. The normalized spacial score (nSPS) is 12.1. The first-order valence-corrected chi connectivity index (χ1v) is 20.4. The third-order valence-electron chi connectivity index (χ3n) is 12.3. The van der Waals surface area contributed by atoms with Gasteiger partial charge in [0.15, 0.2) is 0 Å². The fourth-order valence-electron chi connectivity index (χ4n) is 9.67. The second kappa shape index (κ2) is 13.3. The number of para-hydroxylation sites is 2. The van der Waals surface area contributed by atoms with Gasteiger partial charge in [-0.2, -0.15) is 10.5 Å². The van der Waals surface area contributed by atoms with Crippen LogP contribution in [-0.4, -0.2) is 9.13 Å². The van der Waals surface area contributed by atoms with Crippen LogP contribution in [0.5, 0.6) is 0 Å². The number of nitriles is 2. The molecular weight excluding hydrogens is 761 g/mol. The molecule has 6 nitrogen and oxygen atoms in total. The van der Waals surface area contributed by atoms with E-state index in [1.807, 2.05) is 66.7 Å². The number of furan rings is 2. The Morgan fingerprint density at radius 1 is 0.484 bits per heavy atom. The Balaban J connectivity index is 1.27. The van der Waals surface area contributed by atoms with Crippen molar-refractivity contribution < 1.29 is 8.83 Å². The summed E-state index contributed by atoms with van der Waals surface area (Å²) in [5, 5.41) is 30.0. The van der Waals surface area contributed by atoms with Crippen molar-refractivity contribution >= 4 is 93.1 Å². The number of aromatic nitrogens is 2. The number of rotatable bonds is 6. The highest BCUT2D eigenvalue weighted by Gasteiger charge is 2.28. The van der Waals surface area contributed by atoms with E-state index in [1.54, 1.807) is 18.2 Å². The van der Waals surface area contributed by atoms with E-state index >= 15 is 0 Å². The molecule has 0 unspecified atom stereocenters. The lowest BCUT2D eigenvalue weighted by Crippen LogP contribution is -2.08. The molecule has 62 heavy (non-hydrogen) atoms. The predicted octanol–water partition coefficient (Wildman–Crippen LogP) is 14.8. The minimum atomic E-state index is 0.408. The highest BCUT2D eigenvalue weighted by Crippen LogP contribution is 2.47. The average Bonchev–Trinajstić information content (AvgIpc) is 4.07. The lowest BCUT2D eigenvalue weighted by molar-refractivity contribution is 0.672. The van der Waals surface area contributed by atoms with E-state index in [1.165, 1.54) is 0 Å². The molecule has 0 fully saturated rings. The highest BCUT2D eigenvalue weighted by atomic mass is 16.3. The Labute approximate surface area is 354 Å². The third-order valence-corrected chi connectivity index (χ3v) is 12.3. The van der Waals surface area contributed by atoms with Gasteiger partial charge in [0.1, 0.15) is 34.5 Å². The summed E-state index contributed by atoms with van der Waals surface area (Å²) >= 11 is 0. The zero-order chi connectivity index (χ0) is 41.6.